The first kappa shape index (κ1) is 12.9. The fourth-order valence-corrected chi connectivity index (χ4v) is 2.35. The molecule has 0 aliphatic heterocycles. The van der Waals surface area contributed by atoms with Crippen molar-refractivity contribution in [2.24, 2.45) is 0 Å². The second-order valence-electron chi connectivity index (χ2n) is 2.05. The number of phosphoric ester groups is 1. The predicted molar refractivity (Wildman–Crippen MR) is 46.1 cm³/mol. The summed E-state index contributed by atoms with van der Waals surface area (Å²) in [7, 11) is -8.48. The highest BCUT2D eigenvalue weighted by Crippen LogP contribution is 2.57. The lowest BCUT2D eigenvalue weighted by molar-refractivity contribution is 0.216. The standard InChI is InChI=1S/C5H10O6P2/c1-3-4-5-10-13(8,9)11-12(2,6)7/h5H2,1-2H3,(H,6,7)(H,8,9). The summed E-state index contributed by atoms with van der Waals surface area (Å²) < 4.78 is 29.5. The van der Waals surface area contributed by atoms with Crippen LogP contribution in [-0.2, 0) is 18.0 Å². The normalized spacial score (nSPS) is 19.4. The molecule has 0 saturated heterocycles. The lowest BCUT2D eigenvalue weighted by Crippen LogP contribution is -1.93. The van der Waals surface area contributed by atoms with Crippen molar-refractivity contribution in [1.82, 2.24) is 0 Å². The summed E-state index contributed by atoms with van der Waals surface area (Å²) in [5.74, 6) is 4.74. The number of rotatable bonds is 4. The Balaban J connectivity index is 4.15. The summed E-state index contributed by atoms with van der Waals surface area (Å²) in [6.07, 6.45) is 0. The zero-order valence-electron chi connectivity index (χ0n) is 7.13. The number of phosphoric acid groups is 1. The van der Waals surface area contributed by atoms with Gasteiger partial charge in [0, 0.05) is 6.66 Å². The Hall–Kier alpha value is -0.140. The first-order valence-electron chi connectivity index (χ1n) is 3.15. The molecule has 0 aliphatic carbocycles. The average molecular weight is 228 g/mol. The monoisotopic (exact) mass is 228 g/mol. The third-order valence-electron chi connectivity index (χ3n) is 0.731. The van der Waals surface area contributed by atoms with Gasteiger partial charge in [0.05, 0.1) is 0 Å². The summed E-state index contributed by atoms with van der Waals surface area (Å²) in [5.41, 5.74) is 0. The predicted octanol–water partition coefficient (Wildman–Crippen LogP) is 0.958. The Morgan fingerprint density at radius 3 is 2.31 bits per heavy atom. The SMILES string of the molecule is CC#CCOP(=O)(O)OP(C)(=O)O. The molecule has 0 radical (unpaired) electrons. The van der Waals surface area contributed by atoms with Crippen LogP contribution in [0, 0.1) is 11.8 Å². The van der Waals surface area contributed by atoms with E-state index in [4.69, 9.17) is 9.79 Å². The second kappa shape index (κ2) is 4.92. The van der Waals surface area contributed by atoms with Gasteiger partial charge in [0.25, 0.3) is 0 Å². The van der Waals surface area contributed by atoms with Gasteiger partial charge in [-0.1, -0.05) is 5.92 Å². The summed E-state index contributed by atoms with van der Waals surface area (Å²) in [6.45, 7) is 1.97. The van der Waals surface area contributed by atoms with Crippen LogP contribution in [0.3, 0.4) is 0 Å². The quantitative estimate of drug-likeness (QED) is 0.549. The lowest BCUT2D eigenvalue weighted by atomic mass is 10.6. The summed E-state index contributed by atoms with van der Waals surface area (Å²) >= 11 is 0. The minimum absolute atomic E-state index is 0.329. The number of hydrogen-bond acceptors (Lipinski definition) is 4. The van der Waals surface area contributed by atoms with Gasteiger partial charge in [-0.15, -0.1) is 5.92 Å². The lowest BCUT2D eigenvalue weighted by Gasteiger charge is -2.11. The molecule has 2 N–H and O–H groups in total. The van der Waals surface area contributed by atoms with Crippen molar-refractivity contribution in [2.75, 3.05) is 13.3 Å². The van der Waals surface area contributed by atoms with Crippen LogP contribution in [0.4, 0.5) is 0 Å². The average Bonchev–Trinajstić information content (AvgIpc) is 1.81. The fourth-order valence-electron chi connectivity index (χ4n) is 0.401. The van der Waals surface area contributed by atoms with Crippen molar-refractivity contribution in [2.45, 2.75) is 6.92 Å². The van der Waals surface area contributed by atoms with Gasteiger partial charge in [0.15, 0.2) is 0 Å². The van der Waals surface area contributed by atoms with Crippen LogP contribution in [0.1, 0.15) is 6.92 Å². The molecule has 0 spiro atoms. The third kappa shape index (κ3) is 8.20. The van der Waals surface area contributed by atoms with Gasteiger partial charge < -0.3 is 9.79 Å². The van der Waals surface area contributed by atoms with Gasteiger partial charge in [-0.2, -0.15) is 0 Å². The van der Waals surface area contributed by atoms with Crippen LogP contribution in [0.2, 0.25) is 0 Å². The van der Waals surface area contributed by atoms with Gasteiger partial charge in [0.2, 0.25) is 0 Å². The van der Waals surface area contributed by atoms with Crippen molar-refractivity contribution in [3.63, 3.8) is 0 Å². The van der Waals surface area contributed by atoms with E-state index in [1.807, 2.05) is 0 Å². The van der Waals surface area contributed by atoms with Crippen LogP contribution in [0.5, 0.6) is 0 Å². The molecule has 13 heavy (non-hydrogen) atoms. The second-order valence-corrected chi connectivity index (χ2v) is 5.51. The van der Waals surface area contributed by atoms with E-state index in [1.54, 1.807) is 0 Å². The Bertz CT molecular complexity index is 307. The van der Waals surface area contributed by atoms with Crippen LogP contribution < -0.4 is 0 Å². The molecule has 0 heterocycles. The summed E-state index contributed by atoms with van der Waals surface area (Å²) in [5, 5.41) is 0. The molecule has 0 amide bonds. The molecular weight excluding hydrogens is 218 g/mol. The Kier molecular flexibility index (Phi) is 4.87. The van der Waals surface area contributed by atoms with Crippen molar-refractivity contribution >= 4 is 15.4 Å². The first-order chi connectivity index (χ1) is 5.77. The molecular formula is C5H10O6P2. The van der Waals surface area contributed by atoms with E-state index < -0.39 is 15.4 Å². The van der Waals surface area contributed by atoms with Crippen molar-refractivity contribution in [3.8, 4) is 11.8 Å². The molecule has 0 aromatic rings. The Morgan fingerprint density at radius 2 is 1.92 bits per heavy atom. The third-order valence-corrected chi connectivity index (χ3v) is 3.22. The summed E-state index contributed by atoms with van der Waals surface area (Å²) in [6, 6.07) is 0. The topological polar surface area (TPSA) is 93.1 Å². The largest absolute Gasteiger partial charge is 0.480 e. The first-order valence-corrected chi connectivity index (χ1v) is 6.67. The number of hydrogen-bond donors (Lipinski definition) is 2. The van der Waals surface area contributed by atoms with Gasteiger partial charge in [-0.25, -0.2) is 8.88 Å². The highest BCUT2D eigenvalue weighted by atomic mass is 31.3. The van der Waals surface area contributed by atoms with Crippen molar-refractivity contribution in [3.05, 3.63) is 0 Å². The zero-order chi connectivity index (χ0) is 10.5. The van der Waals surface area contributed by atoms with E-state index in [-0.39, 0.29) is 6.61 Å². The van der Waals surface area contributed by atoms with Gasteiger partial charge in [-0.05, 0) is 6.92 Å². The molecule has 8 heteroatoms. The van der Waals surface area contributed by atoms with Crippen LogP contribution in [-0.4, -0.2) is 23.1 Å². The highest BCUT2D eigenvalue weighted by molar-refractivity contribution is 7.63. The minimum atomic E-state index is -4.46. The Labute approximate surface area is 76.0 Å². The smallest absolute Gasteiger partial charge is 0.324 e. The highest BCUT2D eigenvalue weighted by Gasteiger charge is 2.29. The maximum absolute atomic E-state index is 10.8. The van der Waals surface area contributed by atoms with Crippen LogP contribution in [0.25, 0.3) is 0 Å². The maximum Gasteiger partial charge on any atom is 0.480 e. The maximum atomic E-state index is 10.8. The molecule has 0 aromatic heterocycles. The minimum Gasteiger partial charge on any atom is -0.324 e. The van der Waals surface area contributed by atoms with E-state index in [1.165, 1.54) is 6.92 Å². The van der Waals surface area contributed by atoms with E-state index >= 15 is 0 Å². The van der Waals surface area contributed by atoms with Crippen LogP contribution in [0.15, 0.2) is 0 Å². The molecule has 0 aromatic carbocycles. The Morgan fingerprint density at radius 1 is 1.38 bits per heavy atom. The van der Waals surface area contributed by atoms with Gasteiger partial charge >= 0.3 is 15.4 Å². The van der Waals surface area contributed by atoms with E-state index in [2.05, 4.69) is 20.7 Å². The van der Waals surface area contributed by atoms with Crippen molar-refractivity contribution < 1.29 is 27.8 Å². The zero-order valence-corrected chi connectivity index (χ0v) is 8.92. The van der Waals surface area contributed by atoms with Crippen molar-refractivity contribution in [1.29, 1.82) is 0 Å². The van der Waals surface area contributed by atoms with Crippen LogP contribution >= 0.6 is 15.4 Å². The fraction of sp³-hybridized carbons (Fsp3) is 0.600. The van der Waals surface area contributed by atoms with Gasteiger partial charge in [0.1, 0.15) is 6.61 Å². The van der Waals surface area contributed by atoms with Gasteiger partial charge in [-0.3, -0.25) is 9.09 Å². The van der Waals surface area contributed by atoms with E-state index in [0.717, 1.165) is 6.66 Å². The molecule has 2 unspecified atom stereocenters. The molecule has 0 fully saturated rings. The molecule has 0 rings (SSSR count). The molecule has 2 atom stereocenters. The molecule has 0 aliphatic rings. The van der Waals surface area contributed by atoms with E-state index in [0.29, 0.717) is 0 Å². The molecule has 6 nitrogen and oxygen atoms in total. The van der Waals surface area contributed by atoms with E-state index in [9.17, 15) is 9.13 Å². The summed E-state index contributed by atoms with van der Waals surface area (Å²) in [4.78, 5) is 17.4. The molecule has 76 valence electrons. The molecule has 0 bridgehead atoms. The molecule has 0 saturated carbocycles.